The predicted octanol–water partition coefficient (Wildman–Crippen LogP) is -2.26. The van der Waals surface area contributed by atoms with Crippen LogP contribution in [-0.2, 0) is 0 Å². The van der Waals surface area contributed by atoms with Crippen molar-refractivity contribution in [2.24, 2.45) is 0 Å². The lowest BCUT2D eigenvalue weighted by Crippen LogP contribution is -2.09. The summed E-state index contributed by atoms with van der Waals surface area (Å²) in [5, 5.41) is 3.11. The summed E-state index contributed by atoms with van der Waals surface area (Å²) >= 11 is 0. The summed E-state index contributed by atoms with van der Waals surface area (Å²) in [6, 6.07) is 0. The van der Waals surface area contributed by atoms with Crippen molar-refractivity contribution in [1.29, 1.82) is 0 Å². The van der Waals surface area contributed by atoms with E-state index in [1.165, 1.54) is 0 Å². The van der Waals surface area contributed by atoms with Gasteiger partial charge in [0.05, 0.1) is 0 Å². The molecular weight excluding hydrogens is 161 g/mol. The Bertz CT molecular complexity index is 24.7. The third-order valence-electron chi connectivity index (χ3n) is 0.500. The fourth-order valence-corrected chi connectivity index (χ4v) is 0.250. The highest BCUT2D eigenvalue weighted by Gasteiger charge is 1.62. The summed E-state index contributed by atoms with van der Waals surface area (Å²) in [7, 11) is 0. The minimum Gasteiger partial charge on any atom is -0.412 e. The Morgan fingerprint density at radius 1 is 0.800 bits per heavy atom. The Balaban J connectivity index is -0.00000000800. The van der Waals surface area contributed by atoms with Gasteiger partial charge in [0.1, 0.15) is 0 Å². The van der Waals surface area contributed by atoms with Gasteiger partial charge >= 0.3 is 0 Å². The molecule has 0 aliphatic heterocycles. The lowest BCUT2D eigenvalue weighted by atomic mass is 10.7. The minimum atomic E-state index is 0. The first-order valence-corrected chi connectivity index (χ1v) is 2.12. The third-order valence-corrected chi connectivity index (χ3v) is 0.500. The Kier molecular flexibility index (Phi) is 311. The molecule has 0 atom stereocenters. The van der Waals surface area contributed by atoms with Crippen LogP contribution in [0.2, 0.25) is 0 Å². The van der Waals surface area contributed by atoms with Crippen molar-refractivity contribution in [3.8, 4) is 0 Å². The second-order valence-electron chi connectivity index (χ2n) is 0.957. The number of hydrogen-bond donors (Lipinski definition) is 1. The molecule has 5 nitrogen and oxygen atoms in total. The molecule has 0 aliphatic carbocycles. The molecule has 0 fully saturated rings. The van der Waals surface area contributed by atoms with Gasteiger partial charge < -0.3 is 27.2 Å². The highest BCUT2D eigenvalue weighted by molar-refractivity contribution is 5.85. The zero-order chi connectivity index (χ0) is 4.12. The lowest BCUT2D eigenvalue weighted by Gasteiger charge is -1.86. The standard InChI is InChI=1S/C4H11N.ClH.4H2O/c1-3-5-4-2;;;;;/h5H,3-4H2,1-2H3;1H;4*1H2. The van der Waals surface area contributed by atoms with Crippen LogP contribution in [0.1, 0.15) is 13.8 Å². The van der Waals surface area contributed by atoms with Crippen LogP contribution in [0.15, 0.2) is 0 Å². The Labute approximate surface area is 67.5 Å². The lowest BCUT2D eigenvalue weighted by molar-refractivity contribution is 0.762. The molecule has 0 bridgehead atoms. The normalized spacial score (nSPS) is 4.20. The van der Waals surface area contributed by atoms with Crippen molar-refractivity contribution in [2.75, 3.05) is 13.1 Å². The number of rotatable bonds is 2. The summed E-state index contributed by atoms with van der Waals surface area (Å²) in [5.41, 5.74) is 0. The monoisotopic (exact) mass is 181 g/mol. The molecular formula is C4H20ClNO4. The van der Waals surface area contributed by atoms with Gasteiger partial charge in [-0.25, -0.2) is 0 Å². The summed E-state index contributed by atoms with van der Waals surface area (Å²) in [6.07, 6.45) is 0. The number of hydrogen-bond acceptors (Lipinski definition) is 1. The molecule has 0 saturated heterocycles. The van der Waals surface area contributed by atoms with Crippen molar-refractivity contribution in [2.45, 2.75) is 13.8 Å². The Hall–Kier alpha value is 0.0900. The summed E-state index contributed by atoms with van der Waals surface area (Å²) in [5.74, 6) is 0. The molecule has 0 aromatic carbocycles. The maximum atomic E-state index is 3.11. The van der Waals surface area contributed by atoms with Gasteiger partial charge in [0.2, 0.25) is 0 Å². The van der Waals surface area contributed by atoms with E-state index in [-0.39, 0.29) is 34.3 Å². The number of nitrogens with one attached hydrogen (secondary N) is 1. The van der Waals surface area contributed by atoms with Gasteiger partial charge in [0.15, 0.2) is 0 Å². The maximum Gasteiger partial charge on any atom is -0.00775 e. The largest absolute Gasteiger partial charge is 0.412 e. The molecule has 0 unspecified atom stereocenters. The van der Waals surface area contributed by atoms with E-state index >= 15 is 0 Å². The minimum absolute atomic E-state index is 0. The van der Waals surface area contributed by atoms with Crippen LogP contribution < -0.4 is 5.32 Å². The zero-order valence-electron chi connectivity index (χ0n) is 6.32. The van der Waals surface area contributed by atoms with Crippen LogP contribution in [0.4, 0.5) is 0 Å². The molecule has 0 aromatic rings. The van der Waals surface area contributed by atoms with Gasteiger partial charge in [0.25, 0.3) is 0 Å². The third kappa shape index (κ3) is 93.1. The number of halogens is 1. The predicted molar refractivity (Wildman–Crippen MR) is 45.9 cm³/mol. The van der Waals surface area contributed by atoms with Crippen molar-refractivity contribution in [1.82, 2.24) is 5.32 Å². The average molecular weight is 182 g/mol. The SMILES string of the molecule is CCNCC.Cl.O.O.O.O. The summed E-state index contributed by atoms with van der Waals surface area (Å²) in [6.45, 7) is 6.39. The summed E-state index contributed by atoms with van der Waals surface area (Å²) < 4.78 is 0. The summed E-state index contributed by atoms with van der Waals surface area (Å²) in [4.78, 5) is 0. The molecule has 6 heteroatoms. The molecule has 0 radical (unpaired) electrons. The van der Waals surface area contributed by atoms with E-state index < -0.39 is 0 Å². The van der Waals surface area contributed by atoms with E-state index in [1.807, 2.05) is 0 Å². The van der Waals surface area contributed by atoms with E-state index in [0.717, 1.165) is 13.1 Å². The fraction of sp³-hybridized carbons (Fsp3) is 1.00. The topological polar surface area (TPSA) is 138 Å². The van der Waals surface area contributed by atoms with E-state index in [1.54, 1.807) is 0 Å². The fourth-order valence-electron chi connectivity index (χ4n) is 0.250. The highest BCUT2D eigenvalue weighted by Crippen LogP contribution is 1.47. The molecule has 0 aromatic heterocycles. The Morgan fingerprint density at radius 3 is 1.00 bits per heavy atom. The average Bonchev–Trinajstić information content (AvgIpc) is 1.41. The van der Waals surface area contributed by atoms with Crippen molar-refractivity contribution >= 4 is 12.4 Å². The van der Waals surface area contributed by atoms with E-state index in [9.17, 15) is 0 Å². The Morgan fingerprint density at radius 2 is 1.00 bits per heavy atom. The zero-order valence-corrected chi connectivity index (χ0v) is 7.14. The molecule has 0 heterocycles. The van der Waals surface area contributed by atoms with E-state index in [0.29, 0.717) is 0 Å². The van der Waals surface area contributed by atoms with Crippen LogP contribution in [0.5, 0.6) is 0 Å². The van der Waals surface area contributed by atoms with E-state index in [4.69, 9.17) is 0 Å². The van der Waals surface area contributed by atoms with Crippen LogP contribution in [0.3, 0.4) is 0 Å². The molecule has 9 N–H and O–H groups in total. The first-order chi connectivity index (χ1) is 2.41. The molecule has 10 heavy (non-hydrogen) atoms. The van der Waals surface area contributed by atoms with Crippen molar-refractivity contribution in [3.05, 3.63) is 0 Å². The molecule has 0 spiro atoms. The molecule has 0 rings (SSSR count). The van der Waals surface area contributed by atoms with Gasteiger partial charge in [-0.15, -0.1) is 12.4 Å². The first kappa shape index (κ1) is 49.8. The highest BCUT2D eigenvalue weighted by atomic mass is 35.5. The van der Waals surface area contributed by atoms with Crippen molar-refractivity contribution < 1.29 is 21.9 Å². The molecule has 0 saturated carbocycles. The van der Waals surface area contributed by atoms with Crippen molar-refractivity contribution in [3.63, 3.8) is 0 Å². The first-order valence-electron chi connectivity index (χ1n) is 2.12. The van der Waals surface area contributed by atoms with Gasteiger partial charge in [0, 0.05) is 0 Å². The second kappa shape index (κ2) is 62.3. The smallest absolute Gasteiger partial charge is 0.00775 e. The quantitative estimate of drug-likeness (QED) is 0.505. The molecule has 0 amide bonds. The van der Waals surface area contributed by atoms with Gasteiger partial charge in [-0.3, -0.25) is 0 Å². The van der Waals surface area contributed by atoms with Gasteiger partial charge in [-0.1, -0.05) is 13.8 Å². The second-order valence-corrected chi connectivity index (χ2v) is 0.957. The van der Waals surface area contributed by atoms with E-state index in [2.05, 4.69) is 19.2 Å². The van der Waals surface area contributed by atoms with Crippen LogP contribution in [0.25, 0.3) is 0 Å². The van der Waals surface area contributed by atoms with Crippen LogP contribution >= 0.6 is 12.4 Å². The maximum absolute atomic E-state index is 3.11. The van der Waals surface area contributed by atoms with Gasteiger partial charge in [-0.05, 0) is 13.1 Å². The van der Waals surface area contributed by atoms with Gasteiger partial charge in [-0.2, -0.15) is 0 Å². The molecule has 0 aliphatic rings. The molecule has 72 valence electrons. The van der Waals surface area contributed by atoms with Crippen LogP contribution in [-0.4, -0.2) is 35.0 Å². The van der Waals surface area contributed by atoms with Crippen LogP contribution in [0, 0.1) is 0 Å².